The maximum absolute atomic E-state index is 2.51. The van der Waals surface area contributed by atoms with Gasteiger partial charge in [-0.25, -0.2) is 0 Å². The molecule has 0 N–H and O–H groups in total. The second-order valence-electron chi connectivity index (χ2n) is 5.99. The van der Waals surface area contributed by atoms with Gasteiger partial charge in [0.05, 0.1) is 6.04 Å². The number of hydrogen-bond acceptors (Lipinski definition) is 2. The molecule has 1 fully saturated rings. The Bertz CT molecular complexity index is 725. The quantitative estimate of drug-likeness (QED) is 0.563. The Balaban J connectivity index is 1.71. The van der Waals surface area contributed by atoms with Crippen molar-refractivity contribution in [1.29, 1.82) is 0 Å². The van der Waals surface area contributed by atoms with Crippen LogP contribution >= 0.6 is 11.8 Å². The second kappa shape index (κ2) is 5.78. The molecule has 23 heavy (non-hydrogen) atoms. The van der Waals surface area contributed by atoms with Gasteiger partial charge < -0.3 is 4.90 Å². The first-order chi connectivity index (χ1) is 11.3. The Morgan fingerprint density at radius 1 is 0.739 bits per heavy atom. The van der Waals surface area contributed by atoms with E-state index in [1.165, 1.54) is 16.1 Å². The van der Waals surface area contributed by atoms with Crippen LogP contribution in [0.25, 0.3) is 0 Å². The Morgan fingerprint density at radius 3 is 1.87 bits per heavy atom. The van der Waals surface area contributed by atoms with Gasteiger partial charge in [0.15, 0.2) is 0 Å². The van der Waals surface area contributed by atoms with Crippen LogP contribution in [0.5, 0.6) is 0 Å². The number of hydrogen-bond donors (Lipinski definition) is 0. The third kappa shape index (κ3) is 2.64. The van der Waals surface area contributed by atoms with Crippen molar-refractivity contribution in [2.75, 3.05) is 4.90 Å². The molecule has 0 saturated carbocycles. The molecule has 0 spiro atoms. The summed E-state index contributed by atoms with van der Waals surface area (Å²) in [5.41, 5.74) is 2.66. The molecule has 0 bridgehead atoms. The monoisotopic (exact) mass is 317 g/mol. The molecule has 2 heteroatoms. The zero-order valence-corrected chi connectivity index (χ0v) is 13.9. The summed E-state index contributed by atoms with van der Waals surface area (Å²) in [5.74, 6) is 0. The van der Waals surface area contributed by atoms with Gasteiger partial charge in [0, 0.05) is 10.6 Å². The van der Waals surface area contributed by atoms with Gasteiger partial charge >= 0.3 is 0 Å². The summed E-state index contributed by atoms with van der Waals surface area (Å²) < 4.78 is 0. The molecule has 0 aliphatic carbocycles. The van der Waals surface area contributed by atoms with E-state index in [0.29, 0.717) is 6.04 Å². The van der Waals surface area contributed by atoms with E-state index in [2.05, 4.69) is 103 Å². The van der Waals surface area contributed by atoms with Crippen LogP contribution in [0.3, 0.4) is 0 Å². The molecule has 1 aliphatic rings. The first-order valence-corrected chi connectivity index (χ1v) is 8.74. The first kappa shape index (κ1) is 14.4. The number of rotatable bonds is 4. The zero-order chi connectivity index (χ0) is 15.7. The number of thioether (sulfide) groups is 1. The minimum atomic E-state index is 0.0457. The standard InChI is InChI=1S/C21H19NS/c1-21(23-19-15-9-4-10-16-19)20(17-11-5-2-6-12-17)22(21)18-13-7-3-8-14-18/h2-16,20H,1H3/t20-,21-,22?/m1/s1. The van der Waals surface area contributed by atoms with E-state index in [1.54, 1.807) is 0 Å². The average Bonchev–Trinajstić information content (AvgIpc) is 3.22. The van der Waals surface area contributed by atoms with Crippen LogP contribution in [0.1, 0.15) is 18.5 Å². The van der Waals surface area contributed by atoms with Crippen molar-refractivity contribution in [1.82, 2.24) is 0 Å². The predicted octanol–water partition coefficient (Wildman–Crippen LogP) is 5.76. The average molecular weight is 317 g/mol. The molecule has 0 amide bonds. The Morgan fingerprint density at radius 2 is 1.26 bits per heavy atom. The van der Waals surface area contributed by atoms with Crippen LogP contribution < -0.4 is 4.90 Å². The highest BCUT2D eigenvalue weighted by molar-refractivity contribution is 8.01. The van der Waals surface area contributed by atoms with Gasteiger partial charge in [0.2, 0.25) is 0 Å². The van der Waals surface area contributed by atoms with E-state index in [4.69, 9.17) is 0 Å². The van der Waals surface area contributed by atoms with Crippen LogP contribution in [-0.4, -0.2) is 4.87 Å². The summed E-state index contributed by atoms with van der Waals surface area (Å²) in [6, 6.07) is 32.6. The van der Waals surface area contributed by atoms with E-state index >= 15 is 0 Å². The lowest BCUT2D eigenvalue weighted by Crippen LogP contribution is -2.07. The van der Waals surface area contributed by atoms with Crippen LogP contribution in [0.4, 0.5) is 5.69 Å². The Hall–Kier alpha value is -2.19. The van der Waals surface area contributed by atoms with Crippen LogP contribution in [0.2, 0.25) is 0 Å². The largest absolute Gasteiger partial charge is 0.344 e. The summed E-state index contributed by atoms with van der Waals surface area (Å²) in [4.78, 5) is 3.87. The number of benzene rings is 3. The van der Waals surface area contributed by atoms with Gasteiger partial charge in [-0.15, -0.1) is 0 Å². The molecule has 1 saturated heterocycles. The van der Waals surface area contributed by atoms with Gasteiger partial charge in [0.1, 0.15) is 4.87 Å². The molecule has 1 heterocycles. The van der Waals surface area contributed by atoms with Gasteiger partial charge in [-0.2, -0.15) is 0 Å². The molecule has 0 unspecified atom stereocenters. The number of nitrogens with zero attached hydrogens (tertiary/aromatic N) is 1. The zero-order valence-electron chi connectivity index (χ0n) is 13.1. The molecule has 3 aromatic carbocycles. The molecule has 4 rings (SSSR count). The fraction of sp³-hybridized carbons (Fsp3) is 0.143. The van der Waals surface area contributed by atoms with Crippen molar-refractivity contribution in [3.05, 3.63) is 96.6 Å². The highest BCUT2D eigenvalue weighted by Crippen LogP contribution is 2.63. The minimum Gasteiger partial charge on any atom is -0.344 e. The summed E-state index contributed by atoms with van der Waals surface area (Å²) >= 11 is 1.94. The lowest BCUT2D eigenvalue weighted by atomic mass is 10.1. The molecule has 0 radical (unpaired) electrons. The van der Waals surface area contributed by atoms with Gasteiger partial charge in [0.25, 0.3) is 0 Å². The molecular formula is C21H19NS. The molecule has 3 aromatic rings. The molecule has 1 nitrogen and oxygen atoms in total. The second-order valence-corrected chi connectivity index (χ2v) is 7.49. The fourth-order valence-electron chi connectivity index (χ4n) is 3.29. The van der Waals surface area contributed by atoms with Crippen molar-refractivity contribution in [2.45, 2.75) is 22.7 Å². The van der Waals surface area contributed by atoms with Gasteiger partial charge in [-0.3, -0.25) is 0 Å². The Kier molecular flexibility index (Phi) is 3.62. The summed E-state index contributed by atoms with van der Waals surface area (Å²) in [6.07, 6.45) is 0. The van der Waals surface area contributed by atoms with Crippen molar-refractivity contribution in [2.24, 2.45) is 0 Å². The van der Waals surface area contributed by atoms with E-state index in [9.17, 15) is 0 Å². The first-order valence-electron chi connectivity index (χ1n) is 7.92. The topological polar surface area (TPSA) is 3.01 Å². The normalized spacial score (nSPS) is 22.8. The van der Waals surface area contributed by atoms with Crippen LogP contribution in [0, 0.1) is 0 Å². The highest BCUT2D eigenvalue weighted by Gasteiger charge is 2.60. The molecule has 1 aliphatic heterocycles. The van der Waals surface area contributed by atoms with Crippen molar-refractivity contribution < 1.29 is 0 Å². The predicted molar refractivity (Wildman–Crippen MR) is 98.8 cm³/mol. The lowest BCUT2D eigenvalue weighted by Gasteiger charge is -2.12. The van der Waals surface area contributed by atoms with E-state index in [-0.39, 0.29) is 4.87 Å². The van der Waals surface area contributed by atoms with E-state index in [1.807, 2.05) is 11.8 Å². The van der Waals surface area contributed by atoms with E-state index in [0.717, 1.165) is 0 Å². The minimum absolute atomic E-state index is 0.0457. The summed E-state index contributed by atoms with van der Waals surface area (Å²) in [5, 5.41) is 0. The van der Waals surface area contributed by atoms with Crippen molar-refractivity contribution in [3.63, 3.8) is 0 Å². The molecule has 114 valence electrons. The van der Waals surface area contributed by atoms with Gasteiger partial charge in [-0.05, 0) is 36.8 Å². The third-order valence-corrected chi connectivity index (χ3v) is 5.73. The fourth-order valence-corrected chi connectivity index (χ4v) is 4.67. The molecule has 0 aromatic heterocycles. The maximum atomic E-state index is 2.51. The van der Waals surface area contributed by atoms with Crippen LogP contribution in [-0.2, 0) is 0 Å². The number of para-hydroxylation sites is 1. The van der Waals surface area contributed by atoms with Crippen molar-refractivity contribution in [3.8, 4) is 0 Å². The molecular weight excluding hydrogens is 298 g/mol. The maximum Gasteiger partial charge on any atom is 0.113 e. The highest BCUT2D eigenvalue weighted by atomic mass is 32.2. The summed E-state index contributed by atoms with van der Waals surface area (Å²) in [6.45, 7) is 2.34. The summed E-state index contributed by atoms with van der Waals surface area (Å²) in [7, 11) is 0. The SMILES string of the molecule is C[C@@]1(Sc2ccccc2)[C@@H](c2ccccc2)N1c1ccccc1. The smallest absolute Gasteiger partial charge is 0.113 e. The molecule has 2 atom stereocenters. The lowest BCUT2D eigenvalue weighted by molar-refractivity contribution is 0.969. The van der Waals surface area contributed by atoms with E-state index < -0.39 is 0 Å². The Labute approximate surface area is 142 Å². The number of anilines is 1. The van der Waals surface area contributed by atoms with Gasteiger partial charge in [-0.1, -0.05) is 78.5 Å². The van der Waals surface area contributed by atoms with Crippen molar-refractivity contribution >= 4 is 17.4 Å². The third-order valence-electron chi connectivity index (χ3n) is 4.39. The van der Waals surface area contributed by atoms with Crippen LogP contribution in [0.15, 0.2) is 95.9 Å².